The minimum absolute atomic E-state index is 0.131. The SMILES string of the molecule is CCN(CC1CC1)C(=O)c1cccc(CCl)c1. The molecule has 1 aliphatic carbocycles. The lowest BCUT2D eigenvalue weighted by molar-refractivity contribution is 0.0757. The molecule has 0 heterocycles. The minimum Gasteiger partial charge on any atom is -0.339 e. The van der Waals surface area contributed by atoms with Crippen molar-refractivity contribution in [2.24, 2.45) is 5.92 Å². The summed E-state index contributed by atoms with van der Waals surface area (Å²) < 4.78 is 0. The van der Waals surface area contributed by atoms with E-state index in [2.05, 4.69) is 0 Å². The van der Waals surface area contributed by atoms with Crippen LogP contribution in [0.3, 0.4) is 0 Å². The van der Waals surface area contributed by atoms with Crippen molar-refractivity contribution in [1.82, 2.24) is 4.90 Å². The molecule has 92 valence electrons. The van der Waals surface area contributed by atoms with Gasteiger partial charge in [-0.25, -0.2) is 0 Å². The number of carbonyl (C=O) groups is 1. The van der Waals surface area contributed by atoms with E-state index in [1.165, 1.54) is 12.8 Å². The number of alkyl halides is 1. The summed E-state index contributed by atoms with van der Waals surface area (Å²) in [7, 11) is 0. The van der Waals surface area contributed by atoms with Gasteiger partial charge in [0, 0.05) is 24.5 Å². The molecule has 0 aromatic heterocycles. The first-order valence-electron chi connectivity index (χ1n) is 6.18. The van der Waals surface area contributed by atoms with E-state index in [-0.39, 0.29) is 5.91 Å². The summed E-state index contributed by atoms with van der Waals surface area (Å²) in [5.74, 6) is 1.32. The summed E-state index contributed by atoms with van der Waals surface area (Å²) in [6, 6.07) is 7.61. The van der Waals surface area contributed by atoms with Gasteiger partial charge in [-0.3, -0.25) is 4.79 Å². The van der Waals surface area contributed by atoms with Gasteiger partial charge in [0.2, 0.25) is 0 Å². The quantitative estimate of drug-likeness (QED) is 0.736. The average Bonchev–Trinajstić information content (AvgIpc) is 3.19. The summed E-state index contributed by atoms with van der Waals surface area (Å²) in [5, 5.41) is 0. The molecule has 0 N–H and O–H groups in total. The summed E-state index contributed by atoms with van der Waals surface area (Å²) in [6.45, 7) is 3.71. The van der Waals surface area contributed by atoms with Crippen LogP contribution in [0.2, 0.25) is 0 Å². The number of hydrogen-bond donors (Lipinski definition) is 0. The number of benzene rings is 1. The van der Waals surface area contributed by atoms with Crippen LogP contribution in [0.4, 0.5) is 0 Å². The maximum Gasteiger partial charge on any atom is 0.253 e. The number of halogens is 1. The minimum atomic E-state index is 0.131. The summed E-state index contributed by atoms with van der Waals surface area (Å²) in [5.41, 5.74) is 1.76. The zero-order chi connectivity index (χ0) is 12.3. The molecule has 1 aromatic carbocycles. The smallest absolute Gasteiger partial charge is 0.253 e. The molecule has 0 spiro atoms. The Labute approximate surface area is 108 Å². The Morgan fingerprint density at radius 1 is 1.47 bits per heavy atom. The Hall–Kier alpha value is -1.02. The van der Waals surface area contributed by atoms with Gasteiger partial charge in [-0.15, -0.1) is 11.6 Å². The van der Waals surface area contributed by atoms with E-state index in [0.717, 1.165) is 30.1 Å². The van der Waals surface area contributed by atoms with Crippen LogP contribution in [0.1, 0.15) is 35.7 Å². The van der Waals surface area contributed by atoms with Gasteiger partial charge in [-0.1, -0.05) is 12.1 Å². The Morgan fingerprint density at radius 2 is 2.24 bits per heavy atom. The molecule has 1 saturated carbocycles. The van der Waals surface area contributed by atoms with Crippen LogP contribution in [-0.2, 0) is 5.88 Å². The number of carbonyl (C=O) groups excluding carboxylic acids is 1. The number of hydrogen-bond acceptors (Lipinski definition) is 1. The normalized spacial score (nSPS) is 14.7. The van der Waals surface area contributed by atoms with Crippen LogP contribution in [0.25, 0.3) is 0 Å². The lowest BCUT2D eigenvalue weighted by Gasteiger charge is -2.21. The van der Waals surface area contributed by atoms with E-state index >= 15 is 0 Å². The van der Waals surface area contributed by atoms with Crippen LogP contribution in [0.15, 0.2) is 24.3 Å². The largest absolute Gasteiger partial charge is 0.339 e. The van der Waals surface area contributed by atoms with E-state index in [0.29, 0.717) is 5.88 Å². The van der Waals surface area contributed by atoms with E-state index in [1.54, 1.807) is 0 Å². The van der Waals surface area contributed by atoms with Gasteiger partial charge in [-0.2, -0.15) is 0 Å². The fraction of sp³-hybridized carbons (Fsp3) is 0.500. The summed E-state index contributed by atoms with van der Waals surface area (Å²) in [6.07, 6.45) is 2.54. The van der Waals surface area contributed by atoms with Gasteiger partial charge in [0.25, 0.3) is 5.91 Å². The second-order valence-electron chi connectivity index (χ2n) is 4.62. The standard InChI is InChI=1S/C14H18ClNO/c1-2-16(10-11-6-7-11)14(17)13-5-3-4-12(8-13)9-15/h3-5,8,11H,2,6-7,9-10H2,1H3. The maximum atomic E-state index is 12.3. The molecule has 17 heavy (non-hydrogen) atoms. The zero-order valence-corrected chi connectivity index (χ0v) is 10.9. The van der Waals surface area contributed by atoms with Crippen molar-refractivity contribution in [2.45, 2.75) is 25.6 Å². The van der Waals surface area contributed by atoms with Crippen LogP contribution < -0.4 is 0 Å². The lowest BCUT2D eigenvalue weighted by Crippen LogP contribution is -2.32. The van der Waals surface area contributed by atoms with Crippen molar-refractivity contribution in [3.05, 3.63) is 35.4 Å². The van der Waals surface area contributed by atoms with Crippen molar-refractivity contribution in [3.8, 4) is 0 Å². The molecule has 1 fully saturated rings. The maximum absolute atomic E-state index is 12.3. The van der Waals surface area contributed by atoms with Gasteiger partial charge in [0.15, 0.2) is 0 Å². The number of amides is 1. The van der Waals surface area contributed by atoms with E-state index in [4.69, 9.17) is 11.6 Å². The molecule has 0 saturated heterocycles. The highest BCUT2D eigenvalue weighted by Gasteiger charge is 2.26. The molecular formula is C14H18ClNO. The van der Waals surface area contributed by atoms with E-state index in [9.17, 15) is 4.79 Å². The van der Waals surface area contributed by atoms with Gasteiger partial charge in [0.05, 0.1) is 0 Å². The number of rotatable bonds is 5. The zero-order valence-electron chi connectivity index (χ0n) is 10.2. The Morgan fingerprint density at radius 3 is 2.82 bits per heavy atom. The molecule has 0 radical (unpaired) electrons. The first-order chi connectivity index (χ1) is 8.24. The molecule has 2 nitrogen and oxygen atoms in total. The lowest BCUT2D eigenvalue weighted by atomic mass is 10.1. The Kier molecular flexibility index (Phi) is 4.06. The molecule has 3 heteroatoms. The highest BCUT2D eigenvalue weighted by Crippen LogP contribution is 2.30. The number of nitrogens with zero attached hydrogens (tertiary/aromatic N) is 1. The molecule has 0 atom stereocenters. The highest BCUT2D eigenvalue weighted by atomic mass is 35.5. The third-order valence-electron chi connectivity index (χ3n) is 3.17. The third-order valence-corrected chi connectivity index (χ3v) is 3.48. The Balaban J connectivity index is 2.09. The fourth-order valence-electron chi connectivity index (χ4n) is 1.94. The first kappa shape index (κ1) is 12.4. The van der Waals surface area contributed by atoms with Crippen LogP contribution in [-0.4, -0.2) is 23.9 Å². The van der Waals surface area contributed by atoms with Crippen molar-refractivity contribution in [1.29, 1.82) is 0 Å². The molecule has 0 unspecified atom stereocenters. The summed E-state index contributed by atoms with van der Waals surface area (Å²) >= 11 is 5.79. The second-order valence-corrected chi connectivity index (χ2v) is 4.89. The molecular weight excluding hydrogens is 234 g/mol. The van der Waals surface area contributed by atoms with Gasteiger partial charge in [-0.05, 0) is 43.4 Å². The van der Waals surface area contributed by atoms with Crippen molar-refractivity contribution in [3.63, 3.8) is 0 Å². The highest BCUT2D eigenvalue weighted by molar-refractivity contribution is 6.17. The monoisotopic (exact) mass is 251 g/mol. The van der Waals surface area contributed by atoms with Crippen molar-refractivity contribution in [2.75, 3.05) is 13.1 Å². The molecule has 0 aliphatic heterocycles. The third kappa shape index (κ3) is 3.22. The molecule has 2 rings (SSSR count). The van der Waals surface area contributed by atoms with Crippen LogP contribution in [0.5, 0.6) is 0 Å². The second kappa shape index (κ2) is 5.54. The van der Waals surface area contributed by atoms with Gasteiger partial charge >= 0.3 is 0 Å². The van der Waals surface area contributed by atoms with Gasteiger partial charge < -0.3 is 4.90 Å². The molecule has 1 amide bonds. The van der Waals surface area contributed by atoms with Crippen molar-refractivity contribution < 1.29 is 4.79 Å². The Bertz CT molecular complexity index is 401. The first-order valence-corrected chi connectivity index (χ1v) is 6.72. The van der Waals surface area contributed by atoms with Gasteiger partial charge in [0.1, 0.15) is 0 Å². The predicted molar refractivity (Wildman–Crippen MR) is 70.3 cm³/mol. The van der Waals surface area contributed by atoms with Crippen LogP contribution >= 0.6 is 11.6 Å². The van der Waals surface area contributed by atoms with E-state index in [1.807, 2.05) is 36.1 Å². The topological polar surface area (TPSA) is 20.3 Å². The fourth-order valence-corrected chi connectivity index (χ4v) is 2.10. The summed E-state index contributed by atoms with van der Waals surface area (Å²) in [4.78, 5) is 14.2. The van der Waals surface area contributed by atoms with Crippen LogP contribution in [0, 0.1) is 5.92 Å². The van der Waals surface area contributed by atoms with E-state index < -0.39 is 0 Å². The average molecular weight is 252 g/mol. The molecule has 1 aliphatic rings. The van der Waals surface area contributed by atoms with Crippen molar-refractivity contribution >= 4 is 17.5 Å². The molecule has 1 aromatic rings. The molecule has 0 bridgehead atoms. The predicted octanol–water partition coefficient (Wildman–Crippen LogP) is 3.30.